The van der Waals surface area contributed by atoms with Gasteiger partial charge in [-0.05, 0) is 30.3 Å². The number of anilines is 2. The molecule has 0 saturated carbocycles. The third-order valence-electron chi connectivity index (χ3n) is 4.02. The van der Waals surface area contributed by atoms with Crippen LogP contribution in [0.3, 0.4) is 0 Å². The van der Waals surface area contributed by atoms with Gasteiger partial charge in [0.15, 0.2) is 4.34 Å². The summed E-state index contributed by atoms with van der Waals surface area (Å²) in [5.41, 5.74) is 0.146. The highest BCUT2D eigenvalue weighted by molar-refractivity contribution is 8.01. The second-order valence-electron chi connectivity index (χ2n) is 6.73. The molecule has 1 aromatic heterocycles. The minimum Gasteiger partial charge on any atom is -0.495 e. The third-order valence-corrected chi connectivity index (χ3v) is 7.95. The number of amides is 1. The molecule has 8 nitrogen and oxygen atoms in total. The second-order valence-corrected chi connectivity index (χ2v) is 11.8. The number of nitrogens with zero attached hydrogens (tertiary/aromatic N) is 3. The largest absolute Gasteiger partial charge is 0.495 e. The fourth-order valence-corrected chi connectivity index (χ4v) is 6.28. The molecule has 1 heterocycles. The Hall–Kier alpha value is -2.34. The molecule has 3 rings (SSSR count). The number of benzene rings is 2. The molecule has 32 heavy (non-hydrogen) atoms. The minimum atomic E-state index is -4.10. The molecule has 170 valence electrons. The van der Waals surface area contributed by atoms with E-state index in [1.54, 1.807) is 30.3 Å². The molecular formula is C20H21ClN4O4S3. The quantitative estimate of drug-likeness (QED) is 0.332. The van der Waals surface area contributed by atoms with Gasteiger partial charge in [0, 0.05) is 10.3 Å². The Bertz CT molecular complexity index is 1190. The first-order valence-electron chi connectivity index (χ1n) is 9.42. The number of thioether (sulfide) groups is 1. The number of methoxy groups -OCH3 is 1. The second kappa shape index (κ2) is 10.5. The van der Waals surface area contributed by atoms with Gasteiger partial charge in [-0.25, -0.2) is 8.42 Å². The number of hydrogen-bond donors (Lipinski definition) is 1. The zero-order valence-corrected chi connectivity index (χ0v) is 20.7. The molecule has 0 atom stereocenters. The van der Waals surface area contributed by atoms with Gasteiger partial charge in [-0.3, -0.25) is 14.4 Å². The maximum atomic E-state index is 13.4. The molecule has 0 fully saturated rings. The molecule has 0 aliphatic carbocycles. The number of rotatable bonds is 9. The standard InChI is InChI=1S/C20H21ClN4O4S3/c1-13(2)30-20-24-23-19(31-20)22-18(26)12-25(16-11-14(21)9-10-17(16)29-3)32(27,28)15-7-5-4-6-8-15/h4-11,13H,12H2,1-3H3,(H,22,23,26). The highest BCUT2D eigenvalue weighted by atomic mass is 35.5. The van der Waals surface area contributed by atoms with E-state index in [2.05, 4.69) is 15.5 Å². The average molecular weight is 513 g/mol. The van der Waals surface area contributed by atoms with Gasteiger partial charge in [0.25, 0.3) is 10.0 Å². The SMILES string of the molecule is COc1ccc(Cl)cc1N(CC(=O)Nc1nnc(SC(C)C)s1)S(=O)(=O)c1ccccc1. The van der Waals surface area contributed by atoms with Crippen molar-refractivity contribution in [1.82, 2.24) is 10.2 Å². The van der Waals surface area contributed by atoms with E-state index in [9.17, 15) is 13.2 Å². The van der Waals surface area contributed by atoms with Crippen molar-refractivity contribution in [3.8, 4) is 5.75 Å². The first kappa shape index (κ1) is 24.3. The van der Waals surface area contributed by atoms with Crippen LogP contribution in [0.2, 0.25) is 5.02 Å². The van der Waals surface area contributed by atoms with E-state index in [0.29, 0.717) is 14.6 Å². The van der Waals surface area contributed by atoms with Crippen molar-refractivity contribution in [1.29, 1.82) is 0 Å². The van der Waals surface area contributed by atoms with Gasteiger partial charge in [0.1, 0.15) is 12.3 Å². The Balaban J connectivity index is 1.94. The fraction of sp³-hybridized carbons (Fsp3) is 0.250. The maximum Gasteiger partial charge on any atom is 0.264 e. The summed E-state index contributed by atoms with van der Waals surface area (Å²) in [6, 6.07) is 12.4. The van der Waals surface area contributed by atoms with Crippen LogP contribution in [-0.4, -0.2) is 43.4 Å². The summed E-state index contributed by atoms with van der Waals surface area (Å²) in [6.07, 6.45) is 0. The van der Waals surface area contributed by atoms with Gasteiger partial charge < -0.3 is 4.74 Å². The molecule has 2 aromatic carbocycles. The lowest BCUT2D eigenvalue weighted by Crippen LogP contribution is -2.38. The van der Waals surface area contributed by atoms with Gasteiger partial charge in [-0.1, -0.05) is 66.7 Å². The van der Waals surface area contributed by atoms with Crippen molar-refractivity contribution in [2.24, 2.45) is 0 Å². The molecular weight excluding hydrogens is 492 g/mol. The normalized spacial score (nSPS) is 11.4. The van der Waals surface area contributed by atoms with Crippen LogP contribution in [-0.2, 0) is 14.8 Å². The molecule has 0 spiro atoms. The number of ether oxygens (including phenoxy) is 1. The van der Waals surface area contributed by atoms with Crippen LogP contribution in [0, 0.1) is 0 Å². The van der Waals surface area contributed by atoms with Crippen molar-refractivity contribution in [3.05, 3.63) is 53.6 Å². The highest BCUT2D eigenvalue weighted by Gasteiger charge is 2.30. The molecule has 0 bridgehead atoms. The number of sulfonamides is 1. The molecule has 0 saturated heterocycles. The van der Waals surface area contributed by atoms with Crippen LogP contribution < -0.4 is 14.4 Å². The zero-order chi connectivity index (χ0) is 23.3. The van der Waals surface area contributed by atoms with Gasteiger partial charge in [0.2, 0.25) is 11.0 Å². The summed E-state index contributed by atoms with van der Waals surface area (Å²) < 4.78 is 33.9. The predicted molar refractivity (Wildman–Crippen MR) is 129 cm³/mol. The molecule has 0 aliphatic rings. The van der Waals surface area contributed by atoms with Crippen LogP contribution in [0.15, 0.2) is 57.8 Å². The summed E-state index contributed by atoms with van der Waals surface area (Å²) in [5.74, 6) is -0.322. The molecule has 1 amide bonds. The molecule has 0 unspecified atom stereocenters. The summed E-state index contributed by atoms with van der Waals surface area (Å²) in [5, 5.41) is 11.5. The summed E-state index contributed by atoms with van der Waals surface area (Å²) in [6.45, 7) is 3.53. The van der Waals surface area contributed by atoms with E-state index in [-0.39, 0.29) is 21.5 Å². The van der Waals surface area contributed by atoms with Crippen molar-refractivity contribution < 1.29 is 17.9 Å². The number of carbonyl (C=O) groups excluding carboxylic acids is 1. The molecule has 0 radical (unpaired) electrons. The smallest absolute Gasteiger partial charge is 0.264 e. The number of nitrogens with one attached hydrogen (secondary N) is 1. The van der Waals surface area contributed by atoms with Crippen LogP contribution in [0.25, 0.3) is 0 Å². The van der Waals surface area contributed by atoms with Crippen LogP contribution in [0.4, 0.5) is 10.8 Å². The lowest BCUT2D eigenvalue weighted by molar-refractivity contribution is -0.114. The number of carbonyl (C=O) groups is 1. The summed E-state index contributed by atoms with van der Waals surface area (Å²) >= 11 is 8.87. The Labute approximate surface area is 200 Å². The van der Waals surface area contributed by atoms with Gasteiger partial charge in [-0.15, -0.1) is 10.2 Å². The van der Waals surface area contributed by atoms with Crippen molar-refractivity contribution >= 4 is 61.4 Å². The van der Waals surface area contributed by atoms with E-state index in [1.165, 1.54) is 48.4 Å². The average Bonchev–Trinajstić information content (AvgIpc) is 3.18. The van der Waals surface area contributed by atoms with Crippen molar-refractivity contribution in [3.63, 3.8) is 0 Å². The van der Waals surface area contributed by atoms with E-state index in [1.807, 2.05) is 13.8 Å². The van der Waals surface area contributed by atoms with Crippen LogP contribution in [0.5, 0.6) is 5.75 Å². The van der Waals surface area contributed by atoms with E-state index < -0.39 is 22.5 Å². The predicted octanol–water partition coefficient (Wildman–Crippen LogP) is 4.53. The molecule has 3 aromatic rings. The lowest BCUT2D eigenvalue weighted by atomic mass is 10.3. The number of halogens is 1. The summed E-state index contributed by atoms with van der Waals surface area (Å²) in [7, 11) is -2.69. The van der Waals surface area contributed by atoms with Gasteiger partial charge >= 0.3 is 0 Å². The number of aromatic nitrogens is 2. The van der Waals surface area contributed by atoms with E-state index in [4.69, 9.17) is 16.3 Å². The Kier molecular flexibility index (Phi) is 7.99. The van der Waals surface area contributed by atoms with Crippen molar-refractivity contribution in [2.75, 3.05) is 23.3 Å². The fourth-order valence-electron chi connectivity index (χ4n) is 2.68. The van der Waals surface area contributed by atoms with E-state index in [0.717, 1.165) is 4.31 Å². The summed E-state index contributed by atoms with van der Waals surface area (Å²) in [4.78, 5) is 12.9. The molecule has 1 N–H and O–H groups in total. The van der Waals surface area contributed by atoms with E-state index >= 15 is 0 Å². The Morgan fingerprint density at radius 2 is 1.94 bits per heavy atom. The van der Waals surface area contributed by atoms with Crippen molar-refractivity contribution in [2.45, 2.75) is 28.3 Å². The Morgan fingerprint density at radius 3 is 2.59 bits per heavy atom. The topological polar surface area (TPSA) is 101 Å². The van der Waals surface area contributed by atoms with Gasteiger partial charge in [0.05, 0.1) is 17.7 Å². The lowest BCUT2D eigenvalue weighted by Gasteiger charge is -2.25. The van der Waals surface area contributed by atoms with Crippen LogP contribution >= 0.6 is 34.7 Å². The molecule has 0 aliphatic heterocycles. The highest BCUT2D eigenvalue weighted by Crippen LogP contribution is 2.35. The third kappa shape index (κ3) is 5.91. The van der Waals surface area contributed by atoms with Gasteiger partial charge in [-0.2, -0.15) is 0 Å². The number of hydrogen-bond acceptors (Lipinski definition) is 8. The van der Waals surface area contributed by atoms with Crippen LogP contribution in [0.1, 0.15) is 13.8 Å². The Morgan fingerprint density at radius 1 is 1.22 bits per heavy atom. The first-order valence-corrected chi connectivity index (χ1v) is 12.9. The monoisotopic (exact) mass is 512 g/mol. The maximum absolute atomic E-state index is 13.4. The molecule has 12 heteroatoms. The zero-order valence-electron chi connectivity index (χ0n) is 17.5. The minimum absolute atomic E-state index is 0.0290. The first-order chi connectivity index (χ1) is 15.2.